The summed E-state index contributed by atoms with van der Waals surface area (Å²) in [5, 5.41) is 0. The second-order valence-electron chi connectivity index (χ2n) is 3.23. The molecule has 0 radical (unpaired) electrons. The largest absolute Gasteiger partial charge is 0.489 e. The molecule has 0 atom stereocenters. The molecular weight excluding hydrogens is 204 g/mol. The van der Waals surface area contributed by atoms with Crippen molar-refractivity contribution in [2.45, 2.75) is 6.92 Å². The average Bonchev–Trinajstić information content (AvgIpc) is 2.28. The summed E-state index contributed by atoms with van der Waals surface area (Å²) in [5.74, 6) is 1.55. The maximum absolute atomic E-state index is 5.64. The quantitative estimate of drug-likeness (QED) is 0.589. The third kappa shape index (κ3) is 3.84. The number of hydrogen-bond acceptors (Lipinski definition) is 2. The van der Waals surface area contributed by atoms with Crippen LogP contribution in [0.4, 0.5) is 0 Å². The molecular formula is C13H16OS. The average molecular weight is 220 g/mol. The first-order valence-corrected chi connectivity index (χ1v) is 5.53. The van der Waals surface area contributed by atoms with E-state index in [4.69, 9.17) is 4.74 Å². The monoisotopic (exact) mass is 220 g/mol. The van der Waals surface area contributed by atoms with Crippen LogP contribution in [-0.2, 0) is 0 Å². The molecule has 0 aliphatic rings. The molecule has 1 nitrogen and oxygen atoms in total. The highest BCUT2D eigenvalue weighted by atomic mass is 32.1. The zero-order valence-electron chi connectivity index (χ0n) is 8.94. The molecule has 15 heavy (non-hydrogen) atoms. The lowest BCUT2D eigenvalue weighted by molar-refractivity contribution is 0.352. The van der Waals surface area contributed by atoms with Gasteiger partial charge in [-0.15, -0.1) is 0 Å². The molecule has 1 aromatic rings. The van der Waals surface area contributed by atoms with Crippen LogP contribution in [0.1, 0.15) is 12.5 Å². The van der Waals surface area contributed by atoms with E-state index in [0.717, 1.165) is 16.9 Å². The summed E-state index contributed by atoms with van der Waals surface area (Å²) in [4.78, 5) is 0. The predicted molar refractivity (Wildman–Crippen MR) is 69.6 cm³/mol. The van der Waals surface area contributed by atoms with Crippen LogP contribution < -0.4 is 4.74 Å². The van der Waals surface area contributed by atoms with Gasteiger partial charge in [0.05, 0.1) is 0 Å². The van der Waals surface area contributed by atoms with Crippen LogP contribution in [0, 0.1) is 0 Å². The van der Waals surface area contributed by atoms with Gasteiger partial charge in [-0.2, -0.15) is 12.6 Å². The number of para-hydroxylation sites is 1. The van der Waals surface area contributed by atoms with Gasteiger partial charge in [0.2, 0.25) is 0 Å². The van der Waals surface area contributed by atoms with E-state index in [-0.39, 0.29) is 0 Å². The Hall–Kier alpha value is -1.15. The minimum Gasteiger partial charge on any atom is -0.489 e. The summed E-state index contributed by atoms with van der Waals surface area (Å²) in [6.07, 6.45) is 4.02. The van der Waals surface area contributed by atoms with Crippen molar-refractivity contribution in [1.82, 2.24) is 0 Å². The maximum Gasteiger partial charge on any atom is 0.126 e. The number of hydrogen-bond donors (Lipinski definition) is 1. The molecule has 1 aromatic carbocycles. The summed E-state index contributed by atoms with van der Waals surface area (Å²) in [6.45, 7) is 6.36. The van der Waals surface area contributed by atoms with E-state index in [1.54, 1.807) is 0 Å². The molecule has 1 rings (SSSR count). The number of allylic oxidation sites excluding steroid dienone is 1. The Morgan fingerprint density at radius 1 is 1.47 bits per heavy atom. The van der Waals surface area contributed by atoms with Gasteiger partial charge >= 0.3 is 0 Å². The second-order valence-corrected chi connectivity index (χ2v) is 3.55. The van der Waals surface area contributed by atoms with Crippen molar-refractivity contribution in [3.8, 4) is 5.75 Å². The summed E-state index contributed by atoms with van der Waals surface area (Å²) in [7, 11) is 0. The molecule has 0 fully saturated rings. The Morgan fingerprint density at radius 3 is 2.87 bits per heavy atom. The Kier molecular flexibility index (Phi) is 5.05. The normalized spacial score (nSPS) is 10.5. The van der Waals surface area contributed by atoms with Crippen LogP contribution in [0.3, 0.4) is 0 Å². The lowest BCUT2D eigenvalue weighted by Crippen LogP contribution is -2.02. The fourth-order valence-electron chi connectivity index (χ4n) is 1.15. The molecule has 0 heterocycles. The SMILES string of the molecule is C=C(CS)COc1ccccc1/C=C/C. The van der Waals surface area contributed by atoms with Crippen LogP contribution in [0.25, 0.3) is 6.08 Å². The highest BCUT2D eigenvalue weighted by molar-refractivity contribution is 7.80. The first kappa shape index (κ1) is 11.9. The van der Waals surface area contributed by atoms with Crippen molar-refractivity contribution in [2.24, 2.45) is 0 Å². The molecule has 0 aromatic heterocycles. The van der Waals surface area contributed by atoms with Gasteiger partial charge in [0.25, 0.3) is 0 Å². The standard InChI is InChI=1S/C13H16OS/c1-3-6-12-7-4-5-8-13(12)14-9-11(2)10-15/h3-8,15H,2,9-10H2,1H3/b6-3+. The zero-order valence-corrected chi connectivity index (χ0v) is 9.84. The van der Waals surface area contributed by atoms with E-state index >= 15 is 0 Å². The number of rotatable bonds is 5. The molecule has 0 saturated heterocycles. The highest BCUT2D eigenvalue weighted by Crippen LogP contribution is 2.19. The Labute approximate surface area is 96.9 Å². The minimum atomic E-state index is 0.526. The molecule has 80 valence electrons. The molecule has 2 heteroatoms. The lowest BCUT2D eigenvalue weighted by atomic mass is 10.2. The maximum atomic E-state index is 5.64. The summed E-state index contributed by atoms with van der Waals surface area (Å²) >= 11 is 4.14. The van der Waals surface area contributed by atoms with Gasteiger partial charge in [0.15, 0.2) is 0 Å². The molecule has 0 saturated carbocycles. The Bertz CT molecular complexity index is 355. The van der Waals surface area contributed by atoms with Crippen LogP contribution in [-0.4, -0.2) is 12.4 Å². The van der Waals surface area contributed by atoms with Crippen LogP contribution in [0.2, 0.25) is 0 Å². The molecule has 0 N–H and O–H groups in total. The third-order valence-electron chi connectivity index (χ3n) is 1.92. The van der Waals surface area contributed by atoms with Crippen molar-refractivity contribution < 1.29 is 4.74 Å². The predicted octanol–water partition coefficient (Wildman–Crippen LogP) is 3.58. The van der Waals surface area contributed by atoms with Gasteiger partial charge in [-0.05, 0) is 18.6 Å². The van der Waals surface area contributed by atoms with E-state index in [1.807, 2.05) is 43.3 Å². The number of thiol groups is 1. The Balaban J connectivity index is 2.71. The van der Waals surface area contributed by atoms with E-state index in [0.29, 0.717) is 12.4 Å². The van der Waals surface area contributed by atoms with Crippen molar-refractivity contribution >= 4 is 18.7 Å². The van der Waals surface area contributed by atoms with Crippen molar-refractivity contribution in [2.75, 3.05) is 12.4 Å². The van der Waals surface area contributed by atoms with Gasteiger partial charge in [-0.1, -0.05) is 36.9 Å². The van der Waals surface area contributed by atoms with Crippen LogP contribution in [0.5, 0.6) is 5.75 Å². The van der Waals surface area contributed by atoms with Crippen molar-refractivity contribution in [3.63, 3.8) is 0 Å². The minimum absolute atomic E-state index is 0.526. The number of ether oxygens (including phenoxy) is 1. The zero-order chi connectivity index (χ0) is 11.1. The van der Waals surface area contributed by atoms with Crippen molar-refractivity contribution in [3.05, 3.63) is 48.1 Å². The molecule has 0 aliphatic heterocycles. The van der Waals surface area contributed by atoms with Crippen molar-refractivity contribution in [1.29, 1.82) is 0 Å². The van der Waals surface area contributed by atoms with Crippen LogP contribution in [0.15, 0.2) is 42.5 Å². The molecule has 0 bridgehead atoms. The molecule has 0 amide bonds. The summed E-state index contributed by atoms with van der Waals surface area (Å²) < 4.78 is 5.64. The first-order valence-electron chi connectivity index (χ1n) is 4.90. The van der Waals surface area contributed by atoms with Gasteiger partial charge < -0.3 is 4.74 Å². The topological polar surface area (TPSA) is 9.23 Å². The van der Waals surface area contributed by atoms with E-state index in [2.05, 4.69) is 19.2 Å². The third-order valence-corrected chi connectivity index (χ3v) is 2.37. The van der Waals surface area contributed by atoms with E-state index in [1.165, 1.54) is 0 Å². The van der Waals surface area contributed by atoms with E-state index in [9.17, 15) is 0 Å². The van der Waals surface area contributed by atoms with Gasteiger partial charge in [0.1, 0.15) is 12.4 Å². The number of benzene rings is 1. The highest BCUT2D eigenvalue weighted by Gasteiger charge is 1.99. The summed E-state index contributed by atoms with van der Waals surface area (Å²) in [6, 6.07) is 7.95. The second kappa shape index (κ2) is 6.36. The lowest BCUT2D eigenvalue weighted by Gasteiger charge is -2.09. The molecule has 0 spiro atoms. The smallest absolute Gasteiger partial charge is 0.126 e. The fraction of sp³-hybridized carbons (Fsp3) is 0.231. The summed E-state index contributed by atoms with van der Waals surface area (Å²) in [5.41, 5.74) is 2.07. The van der Waals surface area contributed by atoms with E-state index < -0.39 is 0 Å². The molecule has 0 aliphatic carbocycles. The fourth-order valence-corrected chi connectivity index (χ4v) is 1.25. The van der Waals surface area contributed by atoms with Gasteiger partial charge in [-0.25, -0.2) is 0 Å². The Morgan fingerprint density at radius 2 is 2.20 bits per heavy atom. The molecule has 0 unspecified atom stereocenters. The van der Waals surface area contributed by atoms with Gasteiger partial charge in [-0.3, -0.25) is 0 Å². The van der Waals surface area contributed by atoms with Gasteiger partial charge in [0, 0.05) is 11.3 Å². The first-order chi connectivity index (χ1) is 7.27. The van der Waals surface area contributed by atoms with Crippen LogP contribution >= 0.6 is 12.6 Å².